The zero-order valence-electron chi connectivity index (χ0n) is 17.0. The van der Waals surface area contributed by atoms with E-state index in [9.17, 15) is 9.59 Å². The van der Waals surface area contributed by atoms with Crippen molar-refractivity contribution in [1.82, 2.24) is 25.4 Å². The lowest BCUT2D eigenvalue weighted by atomic mass is 9.97. The number of amides is 2. The highest BCUT2D eigenvalue weighted by atomic mass is 32.2. The predicted molar refractivity (Wildman–Crippen MR) is 108 cm³/mol. The van der Waals surface area contributed by atoms with Gasteiger partial charge in [-0.25, -0.2) is 0 Å². The molecule has 2 rings (SSSR count). The first-order valence-corrected chi connectivity index (χ1v) is 11.2. The zero-order valence-corrected chi connectivity index (χ0v) is 17.8. The third-order valence-corrected chi connectivity index (χ3v) is 5.58. The average molecular weight is 396 g/mol. The molecule has 2 N–H and O–H groups in total. The maximum atomic E-state index is 12.6. The molecule has 2 amide bonds. The van der Waals surface area contributed by atoms with Crippen molar-refractivity contribution in [2.45, 2.75) is 77.0 Å². The SMILES string of the molecule is CSc1nnc(CCCNC(=O)C(NC(C)=O)C2CCCC2)n1CC(C)C. The minimum absolute atomic E-state index is 0.0643. The van der Waals surface area contributed by atoms with Crippen molar-refractivity contribution >= 4 is 23.6 Å². The number of aromatic nitrogens is 3. The van der Waals surface area contributed by atoms with E-state index in [4.69, 9.17) is 0 Å². The number of thioether (sulfide) groups is 1. The number of nitrogens with zero attached hydrogens (tertiary/aromatic N) is 3. The van der Waals surface area contributed by atoms with Crippen LogP contribution >= 0.6 is 11.8 Å². The lowest BCUT2D eigenvalue weighted by Crippen LogP contribution is -2.50. The molecule has 1 unspecified atom stereocenters. The molecule has 1 aromatic rings. The molecule has 0 aromatic carbocycles. The van der Waals surface area contributed by atoms with Crippen LogP contribution in [0.1, 0.15) is 58.7 Å². The van der Waals surface area contributed by atoms with Crippen molar-refractivity contribution in [3.05, 3.63) is 5.82 Å². The van der Waals surface area contributed by atoms with Crippen LogP contribution in [-0.2, 0) is 22.6 Å². The van der Waals surface area contributed by atoms with E-state index in [-0.39, 0.29) is 17.7 Å². The Kier molecular flexibility index (Phi) is 8.60. The van der Waals surface area contributed by atoms with Gasteiger partial charge in [-0.2, -0.15) is 0 Å². The van der Waals surface area contributed by atoms with Crippen LogP contribution in [0.25, 0.3) is 0 Å². The molecule has 152 valence electrons. The van der Waals surface area contributed by atoms with Gasteiger partial charge in [0.15, 0.2) is 5.16 Å². The van der Waals surface area contributed by atoms with Crippen molar-refractivity contribution in [2.75, 3.05) is 12.8 Å². The molecule has 8 heteroatoms. The van der Waals surface area contributed by atoms with Gasteiger partial charge in [-0.05, 0) is 37.4 Å². The zero-order chi connectivity index (χ0) is 19.8. The van der Waals surface area contributed by atoms with Crippen LogP contribution in [0.2, 0.25) is 0 Å². The van der Waals surface area contributed by atoms with Crippen LogP contribution in [0, 0.1) is 11.8 Å². The summed E-state index contributed by atoms with van der Waals surface area (Å²) >= 11 is 1.61. The van der Waals surface area contributed by atoms with E-state index in [1.165, 1.54) is 6.92 Å². The van der Waals surface area contributed by atoms with Crippen molar-refractivity contribution in [1.29, 1.82) is 0 Å². The summed E-state index contributed by atoms with van der Waals surface area (Å²) in [4.78, 5) is 24.1. The number of hydrogen-bond acceptors (Lipinski definition) is 5. The molecule has 1 heterocycles. The second kappa shape index (κ2) is 10.7. The Labute approximate surface area is 166 Å². The Balaban J connectivity index is 1.85. The summed E-state index contributed by atoms with van der Waals surface area (Å²) in [5.41, 5.74) is 0. The molecule has 0 spiro atoms. The van der Waals surface area contributed by atoms with Gasteiger partial charge in [-0.3, -0.25) is 9.59 Å². The molecule has 0 bridgehead atoms. The fourth-order valence-electron chi connectivity index (χ4n) is 3.68. The largest absolute Gasteiger partial charge is 0.354 e. The van der Waals surface area contributed by atoms with Crippen LogP contribution in [0.4, 0.5) is 0 Å². The molecule has 1 fully saturated rings. The summed E-state index contributed by atoms with van der Waals surface area (Å²) in [6.45, 7) is 7.31. The topological polar surface area (TPSA) is 88.9 Å². The summed E-state index contributed by atoms with van der Waals surface area (Å²) in [7, 11) is 0. The Morgan fingerprint density at radius 3 is 2.56 bits per heavy atom. The number of nitrogens with one attached hydrogen (secondary N) is 2. The fourth-order valence-corrected chi connectivity index (χ4v) is 4.20. The molecule has 1 aromatic heterocycles. The van der Waals surface area contributed by atoms with Crippen molar-refractivity contribution in [2.24, 2.45) is 11.8 Å². The quantitative estimate of drug-likeness (QED) is 0.469. The van der Waals surface area contributed by atoms with Crippen LogP contribution in [0.15, 0.2) is 5.16 Å². The summed E-state index contributed by atoms with van der Waals surface area (Å²) < 4.78 is 2.18. The van der Waals surface area contributed by atoms with E-state index in [0.29, 0.717) is 12.5 Å². The number of carbonyl (C=O) groups excluding carboxylic acids is 2. The molecule has 0 aliphatic heterocycles. The normalized spacial score (nSPS) is 15.9. The third-order valence-electron chi connectivity index (χ3n) is 4.91. The first-order chi connectivity index (χ1) is 12.9. The van der Waals surface area contributed by atoms with Crippen LogP contribution in [0.3, 0.4) is 0 Å². The van der Waals surface area contributed by atoms with E-state index in [1.54, 1.807) is 11.8 Å². The summed E-state index contributed by atoms with van der Waals surface area (Å²) in [6, 6.07) is -0.405. The fraction of sp³-hybridized carbons (Fsp3) is 0.789. The van der Waals surface area contributed by atoms with Crippen LogP contribution < -0.4 is 10.6 Å². The molecule has 1 saturated carbocycles. The van der Waals surface area contributed by atoms with Gasteiger partial charge in [0, 0.05) is 26.4 Å². The Bertz CT molecular complexity index is 626. The van der Waals surface area contributed by atoms with Gasteiger partial charge in [0.2, 0.25) is 11.8 Å². The van der Waals surface area contributed by atoms with Gasteiger partial charge < -0.3 is 15.2 Å². The first-order valence-electron chi connectivity index (χ1n) is 9.93. The number of carbonyl (C=O) groups is 2. The minimum Gasteiger partial charge on any atom is -0.354 e. The summed E-state index contributed by atoms with van der Waals surface area (Å²) in [5, 5.41) is 15.4. The molecule has 1 aliphatic carbocycles. The molecule has 1 aliphatic rings. The van der Waals surface area contributed by atoms with Crippen molar-refractivity contribution in [3.63, 3.8) is 0 Å². The monoisotopic (exact) mass is 395 g/mol. The standard InChI is InChI=1S/C19H33N5O2S/c1-13(2)12-24-16(22-23-19(24)27-4)10-7-11-20-18(26)17(21-14(3)25)15-8-5-6-9-15/h13,15,17H,5-12H2,1-4H3,(H,20,26)(H,21,25). The van der Waals surface area contributed by atoms with Crippen LogP contribution in [0.5, 0.6) is 0 Å². The lowest BCUT2D eigenvalue weighted by molar-refractivity contribution is -0.129. The van der Waals surface area contributed by atoms with Gasteiger partial charge in [-0.15, -0.1) is 10.2 Å². The molecule has 0 saturated heterocycles. The highest BCUT2D eigenvalue weighted by Gasteiger charge is 2.31. The first kappa shape index (κ1) is 21.7. The molecule has 0 radical (unpaired) electrons. The van der Waals surface area contributed by atoms with E-state index in [0.717, 1.165) is 56.1 Å². The number of rotatable bonds is 10. The molecular formula is C19H33N5O2S. The molecule has 1 atom stereocenters. The van der Waals surface area contributed by atoms with Gasteiger partial charge in [0.05, 0.1) is 0 Å². The smallest absolute Gasteiger partial charge is 0.242 e. The summed E-state index contributed by atoms with van der Waals surface area (Å²) in [5.74, 6) is 1.54. The minimum atomic E-state index is -0.405. The Morgan fingerprint density at radius 2 is 1.96 bits per heavy atom. The number of hydrogen-bond donors (Lipinski definition) is 2. The van der Waals surface area contributed by atoms with E-state index >= 15 is 0 Å². The van der Waals surface area contributed by atoms with Crippen LogP contribution in [-0.4, -0.2) is 45.4 Å². The highest BCUT2D eigenvalue weighted by Crippen LogP contribution is 2.28. The van der Waals surface area contributed by atoms with Gasteiger partial charge in [0.1, 0.15) is 11.9 Å². The van der Waals surface area contributed by atoms with Crippen molar-refractivity contribution in [3.8, 4) is 0 Å². The molecular weight excluding hydrogens is 362 g/mol. The van der Waals surface area contributed by atoms with Gasteiger partial charge in [0.25, 0.3) is 0 Å². The Hall–Kier alpha value is -1.57. The molecule has 27 heavy (non-hydrogen) atoms. The average Bonchev–Trinajstić information content (AvgIpc) is 3.26. The maximum absolute atomic E-state index is 12.6. The van der Waals surface area contributed by atoms with E-state index < -0.39 is 6.04 Å². The molecule has 7 nitrogen and oxygen atoms in total. The maximum Gasteiger partial charge on any atom is 0.242 e. The van der Waals surface area contributed by atoms with Gasteiger partial charge in [-0.1, -0.05) is 38.5 Å². The predicted octanol–water partition coefficient (Wildman–Crippen LogP) is 2.40. The highest BCUT2D eigenvalue weighted by molar-refractivity contribution is 7.98. The lowest BCUT2D eigenvalue weighted by Gasteiger charge is -2.23. The van der Waals surface area contributed by atoms with Crippen molar-refractivity contribution < 1.29 is 9.59 Å². The van der Waals surface area contributed by atoms with E-state index in [1.807, 2.05) is 6.26 Å². The third kappa shape index (κ3) is 6.52. The Morgan fingerprint density at radius 1 is 1.26 bits per heavy atom. The van der Waals surface area contributed by atoms with Gasteiger partial charge >= 0.3 is 0 Å². The summed E-state index contributed by atoms with van der Waals surface area (Å²) in [6.07, 6.45) is 7.87. The second-order valence-corrected chi connectivity index (χ2v) is 8.50. The van der Waals surface area contributed by atoms with E-state index in [2.05, 4.69) is 39.2 Å². The number of aryl methyl sites for hydroxylation is 1. The second-order valence-electron chi connectivity index (χ2n) is 7.72.